The Morgan fingerprint density at radius 1 is 1.04 bits per heavy atom. The molecule has 0 aliphatic heterocycles. The van der Waals surface area contributed by atoms with Gasteiger partial charge in [-0.05, 0) is 24.3 Å². The second-order valence-electron chi connectivity index (χ2n) is 5.20. The average Bonchev–Trinajstić information content (AvgIpc) is 3.02. The van der Waals surface area contributed by atoms with Gasteiger partial charge in [-0.15, -0.1) is 0 Å². The molecule has 0 unspecified atom stereocenters. The van der Waals surface area contributed by atoms with E-state index in [0.717, 1.165) is 0 Å². The summed E-state index contributed by atoms with van der Waals surface area (Å²) in [5.74, 6) is -1.21. The van der Waals surface area contributed by atoms with Gasteiger partial charge in [-0.2, -0.15) is 31.4 Å². The summed E-state index contributed by atoms with van der Waals surface area (Å²) in [4.78, 5) is 16.2. The first-order chi connectivity index (χ1) is 12.1. The zero-order valence-electron chi connectivity index (χ0n) is 12.5. The predicted molar refractivity (Wildman–Crippen MR) is 78.3 cm³/mol. The topological polar surface area (TPSA) is 70.7 Å². The monoisotopic (exact) mass is 374 g/mol. The molecule has 0 aliphatic rings. The molecule has 0 bridgehead atoms. The lowest BCUT2D eigenvalue weighted by molar-refractivity contribution is -0.143. The molecule has 0 spiro atoms. The third kappa shape index (κ3) is 3.32. The fraction of sp³-hybridized carbons (Fsp3) is 0.133. The second-order valence-corrected chi connectivity index (χ2v) is 5.20. The molecule has 2 aromatic heterocycles. The standard InChI is InChI=1S/C15H8F6N4O/c16-14(17,18)7-1-2-8(10(5-7)15(19,20)21)13(26)24-11-3-4-22-12-9(11)6-23-25-12/h1-6H,(H2,22,23,24,25,26). The maximum absolute atomic E-state index is 13.1. The summed E-state index contributed by atoms with van der Waals surface area (Å²) in [5, 5.41) is 8.78. The van der Waals surface area contributed by atoms with Crippen LogP contribution in [-0.2, 0) is 12.4 Å². The summed E-state index contributed by atoms with van der Waals surface area (Å²) >= 11 is 0. The number of benzene rings is 1. The van der Waals surface area contributed by atoms with Gasteiger partial charge < -0.3 is 5.32 Å². The SMILES string of the molecule is O=C(Nc1ccnc2[nH]ncc12)c1ccc(C(F)(F)F)cc1C(F)(F)F. The van der Waals surface area contributed by atoms with Gasteiger partial charge in [0, 0.05) is 6.20 Å². The summed E-state index contributed by atoms with van der Waals surface area (Å²) in [6.07, 6.45) is -7.52. The Bertz CT molecular complexity index is 976. The summed E-state index contributed by atoms with van der Waals surface area (Å²) in [6, 6.07) is 2.15. The van der Waals surface area contributed by atoms with Crippen molar-refractivity contribution < 1.29 is 31.1 Å². The quantitative estimate of drug-likeness (QED) is 0.659. The molecule has 0 saturated carbocycles. The number of aromatic nitrogens is 3. The summed E-state index contributed by atoms with van der Waals surface area (Å²) in [5.41, 5.74) is -3.71. The summed E-state index contributed by atoms with van der Waals surface area (Å²) in [7, 11) is 0. The van der Waals surface area contributed by atoms with Crippen LogP contribution in [0.5, 0.6) is 0 Å². The van der Waals surface area contributed by atoms with Gasteiger partial charge in [0.15, 0.2) is 5.65 Å². The molecule has 2 heterocycles. The van der Waals surface area contributed by atoms with E-state index in [9.17, 15) is 31.1 Å². The maximum Gasteiger partial charge on any atom is 0.417 e. The van der Waals surface area contributed by atoms with Gasteiger partial charge >= 0.3 is 12.4 Å². The maximum atomic E-state index is 13.1. The van der Waals surface area contributed by atoms with Crippen LogP contribution in [-0.4, -0.2) is 21.1 Å². The molecule has 3 aromatic rings. The largest absolute Gasteiger partial charge is 0.417 e. The van der Waals surface area contributed by atoms with Crippen LogP contribution in [0.2, 0.25) is 0 Å². The number of H-pyrrole nitrogens is 1. The molecule has 1 amide bonds. The van der Waals surface area contributed by atoms with Gasteiger partial charge in [-0.3, -0.25) is 9.89 Å². The lowest BCUT2D eigenvalue weighted by atomic mass is 10.0. The number of hydrogen-bond acceptors (Lipinski definition) is 3. The number of pyridine rings is 1. The van der Waals surface area contributed by atoms with Crippen molar-refractivity contribution in [3.8, 4) is 0 Å². The molecule has 0 atom stereocenters. The Hall–Kier alpha value is -3.11. The van der Waals surface area contributed by atoms with E-state index in [1.54, 1.807) is 0 Å². The first-order valence-electron chi connectivity index (χ1n) is 6.95. The third-order valence-corrected chi connectivity index (χ3v) is 3.50. The molecule has 2 N–H and O–H groups in total. The number of halogens is 6. The van der Waals surface area contributed by atoms with Crippen molar-refractivity contribution in [2.24, 2.45) is 0 Å². The molecule has 1 aromatic carbocycles. The van der Waals surface area contributed by atoms with Gasteiger partial charge in [0.25, 0.3) is 5.91 Å². The number of hydrogen-bond donors (Lipinski definition) is 2. The van der Waals surface area contributed by atoms with Crippen molar-refractivity contribution in [3.05, 3.63) is 53.3 Å². The second kappa shape index (κ2) is 6.00. The van der Waals surface area contributed by atoms with Crippen LogP contribution >= 0.6 is 0 Å². The number of amides is 1. The first-order valence-corrected chi connectivity index (χ1v) is 6.95. The van der Waals surface area contributed by atoms with E-state index >= 15 is 0 Å². The highest BCUT2D eigenvalue weighted by atomic mass is 19.4. The van der Waals surface area contributed by atoms with Crippen LogP contribution in [0.25, 0.3) is 11.0 Å². The third-order valence-electron chi connectivity index (χ3n) is 3.50. The Labute approximate surface area is 141 Å². The highest BCUT2D eigenvalue weighted by Gasteiger charge is 2.39. The van der Waals surface area contributed by atoms with Crippen molar-refractivity contribution >= 4 is 22.6 Å². The smallest absolute Gasteiger partial charge is 0.321 e. The van der Waals surface area contributed by atoms with E-state index in [0.29, 0.717) is 17.5 Å². The molecule has 26 heavy (non-hydrogen) atoms. The molecule has 0 fully saturated rings. The van der Waals surface area contributed by atoms with Crippen molar-refractivity contribution in [1.82, 2.24) is 15.2 Å². The number of nitrogens with zero attached hydrogens (tertiary/aromatic N) is 2. The molecule has 0 radical (unpaired) electrons. The Morgan fingerprint density at radius 3 is 2.42 bits per heavy atom. The molecule has 0 saturated heterocycles. The van der Waals surface area contributed by atoms with Gasteiger partial charge in [0.1, 0.15) is 0 Å². The number of carbonyl (C=O) groups is 1. The van der Waals surface area contributed by atoms with Crippen molar-refractivity contribution in [2.45, 2.75) is 12.4 Å². The number of anilines is 1. The number of nitrogens with one attached hydrogen (secondary N) is 2. The number of carbonyl (C=O) groups excluding carboxylic acids is 1. The van der Waals surface area contributed by atoms with Gasteiger partial charge in [0.05, 0.1) is 34.0 Å². The molecular weight excluding hydrogens is 366 g/mol. The van der Waals surface area contributed by atoms with Gasteiger partial charge in [-0.25, -0.2) is 4.98 Å². The number of rotatable bonds is 2. The number of fused-ring (bicyclic) bond motifs is 1. The van der Waals surface area contributed by atoms with Gasteiger partial charge in [0.2, 0.25) is 0 Å². The average molecular weight is 374 g/mol. The van der Waals surface area contributed by atoms with E-state index in [-0.39, 0.29) is 17.4 Å². The predicted octanol–water partition coefficient (Wildman–Crippen LogP) is 4.25. The Morgan fingerprint density at radius 2 is 1.77 bits per heavy atom. The van der Waals surface area contributed by atoms with Crippen LogP contribution in [0.3, 0.4) is 0 Å². The molecule has 0 aliphatic carbocycles. The highest BCUT2D eigenvalue weighted by Crippen LogP contribution is 2.37. The minimum absolute atomic E-state index is 0.0884. The van der Waals surface area contributed by atoms with Crippen LogP contribution in [0.1, 0.15) is 21.5 Å². The molecule has 3 rings (SSSR count). The van der Waals surface area contributed by atoms with E-state index in [1.165, 1.54) is 18.5 Å². The number of aromatic amines is 1. The van der Waals surface area contributed by atoms with Crippen LogP contribution in [0.15, 0.2) is 36.7 Å². The van der Waals surface area contributed by atoms with E-state index in [4.69, 9.17) is 0 Å². The Kier molecular flexibility index (Phi) is 4.09. The lowest BCUT2D eigenvalue weighted by Crippen LogP contribution is -2.20. The van der Waals surface area contributed by atoms with Crippen molar-refractivity contribution in [1.29, 1.82) is 0 Å². The zero-order valence-corrected chi connectivity index (χ0v) is 12.5. The summed E-state index contributed by atoms with van der Waals surface area (Å²) < 4.78 is 77.5. The fourth-order valence-electron chi connectivity index (χ4n) is 2.30. The highest BCUT2D eigenvalue weighted by molar-refractivity contribution is 6.09. The molecule has 5 nitrogen and oxygen atoms in total. The lowest BCUT2D eigenvalue weighted by Gasteiger charge is -2.16. The molecule has 11 heteroatoms. The van der Waals surface area contributed by atoms with Crippen LogP contribution in [0, 0.1) is 0 Å². The summed E-state index contributed by atoms with van der Waals surface area (Å²) in [6.45, 7) is 0. The molecular formula is C15H8F6N4O. The zero-order chi connectivity index (χ0) is 19.1. The normalized spacial score (nSPS) is 12.4. The Balaban J connectivity index is 2.02. The minimum atomic E-state index is -5.14. The van der Waals surface area contributed by atoms with Gasteiger partial charge in [-0.1, -0.05) is 0 Å². The minimum Gasteiger partial charge on any atom is -0.321 e. The van der Waals surface area contributed by atoms with E-state index in [2.05, 4.69) is 20.5 Å². The van der Waals surface area contributed by atoms with Crippen LogP contribution < -0.4 is 5.32 Å². The van der Waals surface area contributed by atoms with Crippen molar-refractivity contribution in [3.63, 3.8) is 0 Å². The fourth-order valence-corrected chi connectivity index (χ4v) is 2.30. The van der Waals surface area contributed by atoms with Crippen LogP contribution in [0.4, 0.5) is 32.0 Å². The molecule has 136 valence electrons. The van der Waals surface area contributed by atoms with Crippen molar-refractivity contribution in [2.75, 3.05) is 5.32 Å². The first kappa shape index (κ1) is 17.7. The number of alkyl halides is 6. The van der Waals surface area contributed by atoms with E-state index in [1.807, 2.05) is 0 Å². The van der Waals surface area contributed by atoms with E-state index < -0.39 is 35.0 Å².